The summed E-state index contributed by atoms with van der Waals surface area (Å²) in [5.74, 6) is 2.43. The maximum Gasteiger partial charge on any atom is -0.0238 e. The molecule has 9 heavy (non-hydrogen) atoms. The van der Waals surface area contributed by atoms with E-state index >= 15 is 0 Å². The summed E-state index contributed by atoms with van der Waals surface area (Å²) in [6.45, 7) is 0. The second-order valence-electron chi connectivity index (χ2n) is 4.30. The Bertz CT molecular complexity index is 142. The molecular formula is C9H14. The van der Waals surface area contributed by atoms with Gasteiger partial charge in [0.05, 0.1) is 0 Å². The van der Waals surface area contributed by atoms with E-state index in [1.165, 1.54) is 11.8 Å². The van der Waals surface area contributed by atoms with Crippen molar-refractivity contribution in [1.82, 2.24) is 0 Å². The molecule has 0 aromatic heterocycles. The lowest BCUT2D eigenvalue weighted by Gasteiger charge is -2.07. The Morgan fingerprint density at radius 2 is 1.89 bits per heavy atom. The average Bonchev–Trinajstić information content (AvgIpc) is 2.73. The third-order valence-corrected chi connectivity index (χ3v) is 3.86. The van der Waals surface area contributed by atoms with Crippen LogP contribution in [0.15, 0.2) is 0 Å². The summed E-state index contributed by atoms with van der Waals surface area (Å²) >= 11 is 0. The van der Waals surface area contributed by atoms with E-state index in [2.05, 4.69) is 0 Å². The van der Waals surface area contributed by atoms with Gasteiger partial charge in [0.2, 0.25) is 0 Å². The van der Waals surface area contributed by atoms with Crippen LogP contribution < -0.4 is 0 Å². The highest BCUT2D eigenvalue weighted by atomic mass is 14.7. The van der Waals surface area contributed by atoms with Gasteiger partial charge in [0.1, 0.15) is 0 Å². The van der Waals surface area contributed by atoms with Crippen LogP contribution in [0.2, 0.25) is 0 Å². The first-order valence-corrected chi connectivity index (χ1v) is 4.42. The fraction of sp³-hybridized carbons (Fsp3) is 1.00. The second-order valence-corrected chi connectivity index (χ2v) is 4.30. The van der Waals surface area contributed by atoms with Gasteiger partial charge in [-0.05, 0) is 49.4 Å². The Hall–Kier alpha value is 0. The molecule has 3 fully saturated rings. The molecule has 0 radical (unpaired) electrons. The zero-order valence-corrected chi connectivity index (χ0v) is 5.90. The monoisotopic (exact) mass is 122 g/mol. The molecular weight excluding hydrogens is 108 g/mol. The first-order chi connectivity index (χ1) is 4.42. The van der Waals surface area contributed by atoms with Gasteiger partial charge in [0.25, 0.3) is 0 Å². The second kappa shape index (κ2) is 1.21. The van der Waals surface area contributed by atoms with Crippen LogP contribution in [0.25, 0.3) is 0 Å². The number of hydrogen-bond acceptors (Lipinski definition) is 0. The maximum absolute atomic E-state index is 1.62. The van der Waals surface area contributed by atoms with Crippen LogP contribution >= 0.6 is 0 Å². The lowest BCUT2D eigenvalue weighted by atomic mass is 9.98. The van der Waals surface area contributed by atoms with Crippen LogP contribution in [0, 0.1) is 17.3 Å². The van der Waals surface area contributed by atoms with E-state index in [4.69, 9.17) is 0 Å². The van der Waals surface area contributed by atoms with Crippen LogP contribution in [0.5, 0.6) is 0 Å². The predicted molar refractivity (Wildman–Crippen MR) is 37.1 cm³/mol. The number of rotatable bonds is 1. The minimum atomic E-state index is 0.972. The normalized spacial score (nSPS) is 55.3. The molecule has 3 saturated carbocycles. The van der Waals surface area contributed by atoms with E-state index in [-0.39, 0.29) is 0 Å². The first kappa shape index (κ1) is 4.76. The van der Waals surface area contributed by atoms with Crippen molar-refractivity contribution in [2.45, 2.75) is 38.5 Å². The molecule has 0 spiro atoms. The minimum Gasteiger partial charge on any atom is -0.0525 e. The van der Waals surface area contributed by atoms with Gasteiger partial charge in [-0.2, -0.15) is 0 Å². The van der Waals surface area contributed by atoms with E-state index in [1.54, 1.807) is 38.5 Å². The van der Waals surface area contributed by atoms with E-state index in [0.29, 0.717) is 0 Å². The van der Waals surface area contributed by atoms with Gasteiger partial charge in [-0.3, -0.25) is 0 Å². The molecule has 0 aliphatic heterocycles. The van der Waals surface area contributed by atoms with Gasteiger partial charge >= 0.3 is 0 Å². The molecule has 0 heteroatoms. The fourth-order valence-electron chi connectivity index (χ4n) is 3.14. The SMILES string of the molecule is C1CC2C[C@]2(C2CC2)C1. The Balaban J connectivity index is 1.87. The molecule has 0 amide bonds. The summed E-state index contributed by atoms with van der Waals surface area (Å²) in [5.41, 5.74) is 0.972. The molecule has 0 aromatic rings. The van der Waals surface area contributed by atoms with Gasteiger partial charge in [-0.25, -0.2) is 0 Å². The van der Waals surface area contributed by atoms with Gasteiger partial charge < -0.3 is 0 Å². The fourth-order valence-corrected chi connectivity index (χ4v) is 3.14. The lowest BCUT2D eigenvalue weighted by molar-refractivity contribution is 0.420. The van der Waals surface area contributed by atoms with Crippen molar-refractivity contribution in [3.8, 4) is 0 Å². The van der Waals surface area contributed by atoms with Gasteiger partial charge in [-0.1, -0.05) is 6.42 Å². The van der Waals surface area contributed by atoms with Gasteiger partial charge in [0, 0.05) is 0 Å². The summed E-state index contributed by atoms with van der Waals surface area (Å²) in [5, 5.41) is 0. The van der Waals surface area contributed by atoms with Crippen molar-refractivity contribution in [2.24, 2.45) is 17.3 Å². The predicted octanol–water partition coefficient (Wildman–Crippen LogP) is 2.59. The molecule has 0 saturated heterocycles. The van der Waals surface area contributed by atoms with E-state index in [1.807, 2.05) is 0 Å². The third kappa shape index (κ3) is 0.461. The summed E-state index contributed by atoms with van der Waals surface area (Å²) in [6.07, 6.45) is 9.52. The van der Waals surface area contributed by atoms with E-state index in [0.717, 1.165) is 5.41 Å². The molecule has 2 atom stereocenters. The number of hydrogen-bond donors (Lipinski definition) is 0. The Morgan fingerprint density at radius 3 is 2.33 bits per heavy atom. The largest absolute Gasteiger partial charge is 0.0525 e. The molecule has 0 bridgehead atoms. The zero-order valence-electron chi connectivity index (χ0n) is 5.90. The molecule has 50 valence electrons. The molecule has 3 rings (SSSR count). The summed E-state index contributed by atoms with van der Waals surface area (Å²) < 4.78 is 0. The standard InChI is InChI=1S/C9H14/c1-2-8-6-9(8,5-1)7-3-4-7/h7-8H,1-6H2/t8?,9-/m0/s1. The molecule has 1 unspecified atom stereocenters. The van der Waals surface area contributed by atoms with Crippen LogP contribution in [-0.2, 0) is 0 Å². The van der Waals surface area contributed by atoms with Crippen molar-refractivity contribution >= 4 is 0 Å². The van der Waals surface area contributed by atoms with Gasteiger partial charge in [0.15, 0.2) is 0 Å². The summed E-state index contributed by atoms with van der Waals surface area (Å²) in [7, 11) is 0. The highest BCUT2D eigenvalue weighted by molar-refractivity contribution is 5.13. The first-order valence-electron chi connectivity index (χ1n) is 4.42. The topological polar surface area (TPSA) is 0 Å². The van der Waals surface area contributed by atoms with E-state index < -0.39 is 0 Å². The van der Waals surface area contributed by atoms with Crippen molar-refractivity contribution in [1.29, 1.82) is 0 Å². The molecule has 0 aromatic carbocycles. The Kier molecular flexibility index (Phi) is 0.640. The minimum absolute atomic E-state index is 0.972. The van der Waals surface area contributed by atoms with E-state index in [9.17, 15) is 0 Å². The average molecular weight is 122 g/mol. The quantitative estimate of drug-likeness (QED) is 0.501. The van der Waals surface area contributed by atoms with Crippen molar-refractivity contribution in [3.05, 3.63) is 0 Å². The van der Waals surface area contributed by atoms with Crippen LogP contribution in [0.1, 0.15) is 38.5 Å². The van der Waals surface area contributed by atoms with Crippen LogP contribution in [-0.4, -0.2) is 0 Å². The number of fused-ring (bicyclic) bond motifs is 1. The molecule has 0 heterocycles. The maximum atomic E-state index is 1.62. The Morgan fingerprint density at radius 1 is 1.00 bits per heavy atom. The lowest BCUT2D eigenvalue weighted by Crippen LogP contribution is -1.99. The molecule has 3 aliphatic carbocycles. The van der Waals surface area contributed by atoms with Crippen molar-refractivity contribution < 1.29 is 0 Å². The molecule has 3 aliphatic rings. The zero-order chi connectivity index (χ0) is 5.90. The Labute approximate surface area is 56.6 Å². The summed E-state index contributed by atoms with van der Waals surface area (Å²) in [6, 6.07) is 0. The molecule has 0 nitrogen and oxygen atoms in total. The summed E-state index contributed by atoms with van der Waals surface area (Å²) in [4.78, 5) is 0. The molecule has 0 N–H and O–H groups in total. The van der Waals surface area contributed by atoms with Gasteiger partial charge in [-0.15, -0.1) is 0 Å². The van der Waals surface area contributed by atoms with Crippen LogP contribution in [0.4, 0.5) is 0 Å². The highest BCUT2D eigenvalue weighted by Crippen LogP contribution is 2.72. The highest BCUT2D eigenvalue weighted by Gasteiger charge is 2.63. The van der Waals surface area contributed by atoms with Crippen LogP contribution in [0.3, 0.4) is 0 Å². The van der Waals surface area contributed by atoms with Crippen molar-refractivity contribution in [3.63, 3.8) is 0 Å². The van der Waals surface area contributed by atoms with Crippen molar-refractivity contribution in [2.75, 3.05) is 0 Å². The third-order valence-electron chi connectivity index (χ3n) is 3.86. The smallest absolute Gasteiger partial charge is 0.0238 e.